The Morgan fingerprint density at radius 3 is 2.55 bits per heavy atom. The molecule has 1 amide bonds. The average molecular weight is 405 g/mol. The lowest BCUT2D eigenvalue weighted by Crippen LogP contribution is -2.24. The van der Waals surface area contributed by atoms with Crippen LogP contribution >= 0.6 is 31.9 Å². The van der Waals surface area contributed by atoms with E-state index in [0.29, 0.717) is 5.56 Å². The zero-order valence-corrected chi connectivity index (χ0v) is 15.4. The number of halogens is 2. The summed E-state index contributed by atoms with van der Waals surface area (Å²) < 4.78 is 1.75. The van der Waals surface area contributed by atoms with E-state index in [2.05, 4.69) is 51.0 Å². The first-order chi connectivity index (χ1) is 9.50. The molecule has 0 aliphatic rings. The number of unbranched alkanes of at least 4 members (excludes halogenated alkanes) is 3. The maximum atomic E-state index is 12.0. The van der Waals surface area contributed by atoms with Crippen molar-refractivity contribution in [3.8, 4) is 0 Å². The normalized spacial score (nSPS) is 10.8. The first kappa shape index (κ1) is 17.7. The highest BCUT2D eigenvalue weighted by Gasteiger charge is 2.09. The standard InChI is InChI=1S/C16H23Br2NO/c1-12(2)7-5-3-4-6-10-19-16(20)14-11-13(17)8-9-15(14)18/h8-9,11-12H,3-7,10H2,1-2H3,(H,19,20). The SMILES string of the molecule is CC(C)CCCCCCNC(=O)c1cc(Br)ccc1Br. The van der Waals surface area contributed by atoms with Gasteiger partial charge in [-0.15, -0.1) is 0 Å². The van der Waals surface area contributed by atoms with Crippen LogP contribution in [0, 0.1) is 5.92 Å². The van der Waals surface area contributed by atoms with Crippen LogP contribution in [0.25, 0.3) is 0 Å². The molecular weight excluding hydrogens is 382 g/mol. The molecule has 4 heteroatoms. The molecule has 0 radical (unpaired) electrons. The smallest absolute Gasteiger partial charge is 0.252 e. The molecule has 0 aliphatic carbocycles. The lowest BCUT2D eigenvalue weighted by molar-refractivity contribution is 0.0952. The van der Waals surface area contributed by atoms with Crippen molar-refractivity contribution in [1.82, 2.24) is 5.32 Å². The zero-order valence-electron chi connectivity index (χ0n) is 12.2. The maximum Gasteiger partial charge on any atom is 0.252 e. The van der Waals surface area contributed by atoms with E-state index in [1.807, 2.05) is 18.2 Å². The fourth-order valence-electron chi connectivity index (χ4n) is 2.00. The molecule has 1 aromatic rings. The number of carbonyl (C=O) groups is 1. The number of rotatable bonds is 8. The van der Waals surface area contributed by atoms with Crippen molar-refractivity contribution in [2.24, 2.45) is 5.92 Å². The van der Waals surface area contributed by atoms with Gasteiger partial charge >= 0.3 is 0 Å². The Morgan fingerprint density at radius 2 is 1.85 bits per heavy atom. The van der Waals surface area contributed by atoms with Crippen molar-refractivity contribution in [3.63, 3.8) is 0 Å². The van der Waals surface area contributed by atoms with Crippen LogP contribution < -0.4 is 5.32 Å². The molecule has 20 heavy (non-hydrogen) atoms. The lowest BCUT2D eigenvalue weighted by atomic mass is 10.0. The van der Waals surface area contributed by atoms with Gasteiger partial charge in [0.05, 0.1) is 5.56 Å². The summed E-state index contributed by atoms with van der Waals surface area (Å²) in [6.45, 7) is 5.27. The molecular formula is C16H23Br2NO. The Hall–Kier alpha value is -0.350. The van der Waals surface area contributed by atoms with Gasteiger partial charge < -0.3 is 5.32 Å². The Balaban J connectivity index is 2.22. The van der Waals surface area contributed by atoms with Crippen molar-refractivity contribution in [2.75, 3.05) is 6.54 Å². The van der Waals surface area contributed by atoms with E-state index in [0.717, 1.165) is 27.8 Å². The van der Waals surface area contributed by atoms with Crippen LogP contribution in [0.15, 0.2) is 27.1 Å². The monoisotopic (exact) mass is 403 g/mol. The van der Waals surface area contributed by atoms with Gasteiger partial charge in [0, 0.05) is 15.5 Å². The predicted octanol–water partition coefficient (Wildman–Crippen LogP) is 5.55. The summed E-state index contributed by atoms with van der Waals surface area (Å²) in [5, 5.41) is 2.98. The highest BCUT2D eigenvalue weighted by molar-refractivity contribution is 9.11. The van der Waals surface area contributed by atoms with Crippen molar-refractivity contribution in [1.29, 1.82) is 0 Å². The van der Waals surface area contributed by atoms with E-state index >= 15 is 0 Å². The van der Waals surface area contributed by atoms with Gasteiger partial charge in [-0.25, -0.2) is 0 Å². The van der Waals surface area contributed by atoms with Gasteiger partial charge in [0.2, 0.25) is 0 Å². The van der Waals surface area contributed by atoms with Crippen LogP contribution in [-0.4, -0.2) is 12.5 Å². The third-order valence-electron chi connectivity index (χ3n) is 3.17. The van der Waals surface area contributed by atoms with E-state index < -0.39 is 0 Å². The minimum atomic E-state index is -0.0136. The Bertz CT molecular complexity index is 432. The average Bonchev–Trinajstić information content (AvgIpc) is 2.39. The first-order valence-electron chi connectivity index (χ1n) is 7.24. The van der Waals surface area contributed by atoms with Gasteiger partial charge in [0.1, 0.15) is 0 Å². The minimum Gasteiger partial charge on any atom is -0.352 e. The van der Waals surface area contributed by atoms with Gasteiger partial charge in [0.15, 0.2) is 0 Å². The summed E-state index contributed by atoms with van der Waals surface area (Å²) >= 11 is 6.79. The van der Waals surface area contributed by atoms with Crippen molar-refractivity contribution in [3.05, 3.63) is 32.7 Å². The van der Waals surface area contributed by atoms with Crippen LogP contribution in [0.5, 0.6) is 0 Å². The first-order valence-corrected chi connectivity index (χ1v) is 8.82. The van der Waals surface area contributed by atoms with Crippen LogP contribution in [0.2, 0.25) is 0 Å². The molecule has 1 N–H and O–H groups in total. The third kappa shape index (κ3) is 6.89. The van der Waals surface area contributed by atoms with Gasteiger partial charge in [0.25, 0.3) is 5.91 Å². The van der Waals surface area contributed by atoms with Gasteiger partial charge in [-0.2, -0.15) is 0 Å². The molecule has 1 rings (SSSR count). The van der Waals surface area contributed by atoms with Gasteiger partial charge in [-0.3, -0.25) is 4.79 Å². The van der Waals surface area contributed by atoms with E-state index in [4.69, 9.17) is 0 Å². The molecule has 0 unspecified atom stereocenters. The molecule has 0 bridgehead atoms. The van der Waals surface area contributed by atoms with E-state index in [1.165, 1.54) is 25.7 Å². The number of amides is 1. The zero-order chi connectivity index (χ0) is 15.0. The van der Waals surface area contributed by atoms with Gasteiger partial charge in [-0.1, -0.05) is 55.5 Å². The number of carbonyl (C=O) groups excluding carboxylic acids is 1. The predicted molar refractivity (Wildman–Crippen MR) is 92.1 cm³/mol. The maximum absolute atomic E-state index is 12.0. The van der Waals surface area contributed by atoms with Crippen molar-refractivity contribution >= 4 is 37.8 Å². The quantitative estimate of drug-likeness (QED) is 0.565. The third-order valence-corrected chi connectivity index (χ3v) is 4.35. The molecule has 0 fully saturated rings. The molecule has 0 saturated heterocycles. The number of benzene rings is 1. The van der Waals surface area contributed by atoms with Gasteiger partial charge in [-0.05, 0) is 46.5 Å². The fourth-order valence-corrected chi connectivity index (χ4v) is 2.79. The Kier molecular flexibility index (Phi) is 8.46. The number of nitrogens with one attached hydrogen (secondary N) is 1. The fraction of sp³-hybridized carbons (Fsp3) is 0.562. The molecule has 0 atom stereocenters. The second-order valence-corrected chi connectivity index (χ2v) is 7.25. The topological polar surface area (TPSA) is 29.1 Å². The lowest BCUT2D eigenvalue weighted by Gasteiger charge is -2.08. The van der Waals surface area contributed by atoms with Crippen LogP contribution in [0.4, 0.5) is 0 Å². The summed E-state index contributed by atoms with van der Waals surface area (Å²) in [4.78, 5) is 12.0. The van der Waals surface area contributed by atoms with Crippen LogP contribution in [0.3, 0.4) is 0 Å². The molecule has 0 heterocycles. The number of hydrogen-bond acceptors (Lipinski definition) is 1. The highest BCUT2D eigenvalue weighted by atomic mass is 79.9. The molecule has 0 saturated carbocycles. The summed E-state index contributed by atoms with van der Waals surface area (Å²) in [5.41, 5.74) is 0.680. The molecule has 0 aliphatic heterocycles. The summed E-state index contributed by atoms with van der Waals surface area (Å²) in [5.74, 6) is 0.781. The second-order valence-electron chi connectivity index (χ2n) is 5.48. The Labute approximate surface area is 139 Å². The summed E-state index contributed by atoms with van der Waals surface area (Å²) in [7, 11) is 0. The summed E-state index contributed by atoms with van der Waals surface area (Å²) in [6.07, 6.45) is 6.09. The summed E-state index contributed by atoms with van der Waals surface area (Å²) in [6, 6.07) is 5.63. The highest BCUT2D eigenvalue weighted by Crippen LogP contribution is 2.21. The molecule has 0 aromatic heterocycles. The second kappa shape index (κ2) is 9.56. The van der Waals surface area contributed by atoms with Crippen LogP contribution in [0.1, 0.15) is 56.3 Å². The van der Waals surface area contributed by atoms with Crippen molar-refractivity contribution < 1.29 is 4.79 Å². The molecule has 2 nitrogen and oxygen atoms in total. The minimum absolute atomic E-state index is 0.0136. The molecule has 0 spiro atoms. The van der Waals surface area contributed by atoms with Crippen LogP contribution in [-0.2, 0) is 0 Å². The molecule has 1 aromatic carbocycles. The van der Waals surface area contributed by atoms with E-state index in [-0.39, 0.29) is 5.91 Å². The van der Waals surface area contributed by atoms with Crippen molar-refractivity contribution in [2.45, 2.75) is 46.0 Å². The molecule has 112 valence electrons. The largest absolute Gasteiger partial charge is 0.352 e. The Morgan fingerprint density at radius 1 is 1.15 bits per heavy atom. The number of hydrogen-bond donors (Lipinski definition) is 1. The van der Waals surface area contributed by atoms with E-state index in [1.54, 1.807) is 0 Å². The van der Waals surface area contributed by atoms with E-state index in [9.17, 15) is 4.79 Å².